The van der Waals surface area contributed by atoms with Gasteiger partial charge in [0.05, 0.1) is 0 Å². The molecule has 1 fully saturated rings. The van der Waals surface area contributed by atoms with Crippen LogP contribution in [0.5, 0.6) is 0 Å². The van der Waals surface area contributed by atoms with Crippen LogP contribution in [0.1, 0.15) is 58.3 Å². The topological polar surface area (TPSA) is 12.0 Å². The summed E-state index contributed by atoms with van der Waals surface area (Å²) in [6.07, 6.45) is 13.6. The van der Waals surface area contributed by atoms with Crippen LogP contribution in [0.4, 0.5) is 0 Å². The number of hydrogen-bond donors (Lipinski definition) is 1. The predicted octanol–water partition coefficient (Wildman–Crippen LogP) is 3.66. The minimum atomic E-state index is 0.814. The van der Waals surface area contributed by atoms with E-state index in [0.717, 1.165) is 12.0 Å². The molecule has 0 bridgehead atoms. The summed E-state index contributed by atoms with van der Waals surface area (Å²) in [5.74, 6) is 0.908. The molecule has 0 aromatic carbocycles. The summed E-state index contributed by atoms with van der Waals surface area (Å²) < 4.78 is 0. The Morgan fingerprint density at radius 1 is 1.27 bits per heavy atom. The number of nitrogens with one attached hydrogen (secondary N) is 1. The zero-order valence-electron chi connectivity index (χ0n) is 10.1. The van der Waals surface area contributed by atoms with Crippen molar-refractivity contribution in [1.82, 2.24) is 5.32 Å². The highest BCUT2D eigenvalue weighted by atomic mass is 14.9. The Balaban J connectivity index is 1.63. The second kappa shape index (κ2) is 5.69. The van der Waals surface area contributed by atoms with Gasteiger partial charge in [-0.3, -0.25) is 0 Å². The SMILES string of the molecule is CC1CCCC1NCCC1=CCCCC1. The Kier molecular flexibility index (Phi) is 4.25. The van der Waals surface area contributed by atoms with Crippen LogP contribution in [0.2, 0.25) is 0 Å². The third kappa shape index (κ3) is 3.34. The van der Waals surface area contributed by atoms with Gasteiger partial charge >= 0.3 is 0 Å². The second-order valence-electron chi connectivity index (χ2n) is 5.33. The Morgan fingerprint density at radius 3 is 2.87 bits per heavy atom. The lowest BCUT2D eigenvalue weighted by atomic mass is 9.97. The fourth-order valence-corrected chi connectivity index (χ4v) is 3.00. The van der Waals surface area contributed by atoms with Crippen LogP contribution in [-0.2, 0) is 0 Å². The lowest BCUT2D eigenvalue weighted by molar-refractivity contribution is 0.428. The molecule has 86 valence electrons. The molecule has 2 atom stereocenters. The van der Waals surface area contributed by atoms with Crippen LogP contribution in [0.15, 0.2) is 11.6 Å². The van der Waals surface area contributed by atoms with Crippen molar-refractivity contribution < 1.29 is 0 Å². The van der Waals surface area contributed by atoms with Gasteiger partial charge in [0, 0.05) is 6.04 Å². The molecule has 2 rings (SSSR count). The lowest BCUT2D eigenvalue weighted by Gasteiger charge is -2.19. The van der Waals surface area contributed by atoms with Gasteiger partial charge in [-0.2, -0.15) is 0 Å². The fourth-order valence-electron chi connectivity index (χ4n) is 3.00. The average molecular weight is 207 g/mol. The summed E-state index contributed by atoms with van der Waals surface area (Å²) in [5, 5.41) is 3.74. The van der Waals surface area contributed by atoms with Gasteiger partial charge in [-0.1, -0.05) is 25.0 Å². The van der Waals surface area contributed by atoms with Crippen LogP contribution in [-0.4, -0.2) is 12.6 Å². The van der Waals surface area contributed by atoms with E-state index in [0.29, 0.717) is 0 Å². The first-order valence-corrected chi connectivity index (χ1v) is 6.77. The molecule has 2 aliphatic carbocycles. The van der Waals surface area contributed by atoms with Gasteiger partial charge in [0.1, 0.15) is 0 Å². The Labute approximate surface area is 94.3 Å². The third-order valence-electron chi connectivity index (χ3n) is 4.10. The molecule has 15 heavy (non-hydrogen) atoms. The number of rotatable bonds is 4. The predicted molar refractivity (Wildman–Crippen MR) is 66.0 cm³/mol. The van der Waals surface area contributed by atoms with Crippen molar-refractivity contribution in [2.75, 3.05) is 6.54 Å². The van der Waals surface area contributed by atoms with Gasteiger partial charge in [-0.15, -0.1) is 0 Å². The summed E-state index contributed by atoms with van der Waals surface area (Å²) in [6, 6.07) is 0.814. The minimum absolute atomic E-state index is 0.814. The quantitative estimate of drug-likeness (QED) is 0.694. The van der Waals surface area contributed by atoms with E-state index in [-0.39, 0.29) is 0 Å². The third-order valence-corrected chi connectivity index (χ3v) is 4.10. The highest BCUT2D eigenvalue weighted by molar-refractivity contribution is 5.05. The van der Waals surface area contributed by atoms with E-state index >= 15 is 0 Å². The van der Waals surface area contributed by atoms with Crippen LogP contribution < -0.4 is 5.32 Å². The van der Waals surface area contributed by atoms with E-state index in [1.54, 1.807) is 5.57 Å². The smallest absolute Gasteiger partial charge is 0.00928 e. The Morgan fingerprint density at radius 2 is 2.20 bits per heavy atom. The number of hydrogen-bond acceptors (Lipinski definition) is 1. The van der Waals surface area contributed by atoms with Gasteiger partial charge in [-0.05, 0) is 57.4 Å². The first-order chi connectivity index (χ1) is 7.36. The van der Waals surface area contributed by atoms with Gasteiger partial charge in [0.2, 0.25) is 0 Å². The first-order valence-electron chi connectivity index (χ1n) is 6.77. The molecule has 1 saturated carbocycles. The maximum Gasteiger partial charge on any atom is 0.00928 e. The second-order valence-corrected chi connectivity index (χ2v) is 5.33. The van der Waals surface area contributed by atoms with Crippen molar-refractivity contribution in [3.05, 3.63) is 11.6 Å². The average Bonchev–Trinajstić information content (AvgIpc) is 2.66. The van der Waals surface area contributed by atoms with E-state index in [4.69, 9.17) is 0 Å². The highest BCUT2D eigenvalue weighted by Gasteiger charge is 2.22. The van der Waals surface area contributed by atoms with Crippen molar-refractivity contribution in [1.29, 1.82) is 0 Å². The van der Waals surface area contributed by atoms with Crippen molar-refractivity contribution in [2.45, 2.75) is 64.3 Å². The summed E-state index contributed by atoms with van der Waals surface area (Å²) in [4.78, 5) is 0. The molecule has 0 saturated heterocycles. The minimum Gasteiger partial charge on any atom is -0.313 e. The maximum atomic E-state index is 3.74. The number of allylic oxidation sites excluding steroid dienone is 1. The summed E-state index contributed by atoms with van der Waals surface area (Å²) in [5.41, 5.74) is 1.71. The van der Waals surface area contributed by atoms with Crippen molar-refractivity contribution in [2.24, 2.45) is 5.92 Å². The molecule has 2 unspecified atom stereocenters. The summed E-state index contributed by atoms with van der Waals surface area (Å²) >= 11 is 0. The highest BCUT2D eigenvalue weighted by Crippen LogP contribution is 2.25. The molecular formula is C14H25N. The van der Waals surface area contributed by atoms with Crippen molar-refractivity contribution in [3.8, 4) is 0 Å². The Hall–Kier alpha value is -0.300. The molecule has 2 aliphatic rings. The lowest BCUT2D eigenvalue weighted by Crippen LogP contribution is -2.32. The van der Waals surface area contributed by atoms with E-state index in [1.807, 2.05) is 0 Å². The summed E-state index contributed by atoms with van der Waals surface area (Å²) in [7, 11) is 0. The van der Waals surface area contributed by atoms with Crippen LogP contribution in [0, 0.1) is 5.92 Å². The van der Waals surface area contributed by atoms with Crippen LogP contribution in [0.25, 0.3) is 0 Å². The van der Waals surface area contributed by atoms with E-state index in [9.17, 15) is 0 Å². The van der Waals surface area contributed by atoms with Crippen molar-refractivity contribution in [3.63, 3.8) is 0 Å². The molecule has 0 heterocycles. The normalized spacial score (nSPS) is 31.7. The molecule has 0 radical (unpaired) electrons. The van der Waals surface area contributed by atoms with Crippen LogP contribution in [0.3, 0.4) is 0 Å². The Bertz CT molecular complexity index is 219. The molecule has 1 heteroatoms. The molecule has 1 nitrogen and oxygen atoms in total. The van der Waals surface area contributed by atoms with Crippen LogP contribution >= 0.6 is 0 Å². The molecule has 1 N–H and O–H groups in total. The van der Waals surface area contributed by atoms with Gasteiger partial charge in [0.15, 0.2) is 0 Å². The molecular weight excluding hydrogens is 182 g/mol. The largest absolute Gasteiger partial charge is 0.313 e. The fraction of sp³-hybridized carbons (Fsp3) is 0.857. The maximum absolute atomic E-state index is 3.74. The van der Waals surface area contributed by atoms with Gasteiger partial charge < -0.3 is 5.32 Å². The zero-order chi connectivity index (χ0) is 10.5. The zero-order valence-corrected chi connectivity index (χ0v) is 10.1. The standard InChI is InChI=1S/C14H25N/c1-12-6-5-9-14(12)15-11-10-13-7-3-2-4-8-13/h7,12,14-15H,2-6,8-11H2,1H3. The molecule has 0 aliphatic heterocycles. The first kappa shape index (κ1) is 11.2. The van der Waals surface area contributed by atoms with Gasteiger partial charge in [-0.25, -0.2) is 0 Å². The molecule has 0 aromatic heterocycles. The van der Waals surface area contributed by atoms with E-state index in [1.165, 1.54) is 57.9 Å². The monoisotopic (exact) mass is 207 g/mol. The van der Waals surface area contributed by atoms with Crippen molar-refractivity contribution >= 4 is 0 Å². The van der Waals surface area contributed by atoms with Gasteiger partial charge in [0.25, 0.3) is 0 Å². The summed E-state index contributed by atoms with van der Waals surface area (Å²) in [6.45, 7) is 3.60. The van der Waals surface area contributed by atoms with E-state index < -0.39 is 0 Å². The molecule has 0 aromatic rings. The molecule has 0 spiro atoms. The van der Waals surface area contributed by atoms with E-state index in [2.05, 4.69) is 18.3 Å². The molecule has 0 amide bonds.